The third kappa shape index (κ3) is 4.26. The van der Waals surface area contributed by atoms with Crippen molar-refractivity contribution in [2.75, 3.05) is 0 Å². The molecule has 0 spiro atoms. The first kappa shape index (κ1) is 22.4. The molecule has 1 N–H and O–H groups in total. The zero-order valence-corrected chi connectivity index (χ0v) is 17.4. The van der Waals surface area contributed by atoms with E-state index >= 15 is 0 Å². The second kappa shape index (κ2) is 8.09. The molecule has 5 nitrogen and oxygen atoms in total. The Morgan fingerprint density at radius 3 is 2.43 bits per heavy atom. The number of benzene rings is 2. The zero-order valence-electron chi connectivity index (χ0n) is 15.9. The molecule has 0 aliphatic carbocycles. The Morgan fingerprint density at radius 1 is 1.23 bits per heavy atom. The van der Waals surface area contributed by atoms with Crippen LogP contribution in [0.4, 0.5) is 13.2 Å². The fraction of sp³-hybridized carbons (Fsp3) is 0.300. The molecule has 2 atom stereocenters. The lowest BCUT2D eigenvalue weighted by Crippen LogP contribution is -2.58. The lowest BCUT2D eigenvalue weighted by molar-refractivity contribution is -0.303. The highest BCUT2D eigenvalue weighted by Gasteiger charge is 2.63. The second-order valence-corrected chi connectivity index (χ2v) is 7.73. The van der Waals surface area contributed by atoms with Crippen molar-refractivity contribution in [1.29, 1.82) is 0 Å². The van der Waals surface area contributed by atoms with Gasteiger partial charge in [-0.05, 0) is 37.6 Å². The number of rotatable bonds is 4. The third-order valence-electron chi connectivity index (χ3n) is 4.58. The summed E-state index contributed by atoms with van der Waals surface area (Å²) in [4.78, 5) is 12.8. The Kier molecular flexibility index (Phi) is 6.04. The number of aryl methyl sites for hydroxylation is 1. The largest absolute Gasteiger partial charge is 0.479 e. The molecular formula is C20H17Cl2F3N2O3. The number of ether oxygens (including phenoxy) is 1. The van der Waals surface area contributed by atoms with Crippen molar-refractivity contribution >= 4 is 34.8 Å². The van der Waals surface area contributed by atoms with Crippen LogP contribution in [0.5, 0.6) is 5.75 Å². The van der Waals surface area contributed by atoms with Gasteiger partial charge in [0.05, 0.1) is 17.2 Å². The number of alkyl halides is 3. The van der Waals surface area contributed by atoms with E-state index < -0.39 is 30.3 Å². The van der Waals surface area contributed by atoms with Gasteiger partial charge in [-0.1, -0.05) is 53.0 Å². The van der Waals surface area contributed by atoms with Crippen molar-refractivity contribution in [1.82, 2.24) is 5.01 Å². The molecule has 0 bridgehead atoms. The molecule has 160 valence electrons. The molecule has 1 aliphatic heterocycles. The quantitative estimate of drug-likeness (QED) is 0.701. The van der Waals surface area contributed by atoms with E-state index in [-0.39, 0.29) is 21.5 Å². The minimum Gasteiger partial charge on any atom is -0.479 e. The molecule has 0 saturated heterocycles. The molecule has 2 aromatic carbocycles. The lowest BCUT2D eigenvalue weighted by atomic mass is 10.00. The van der Waals surface area contributed by atoms with Gasteiger partial charge in [-0.25, -0.2) is 0 Å². The predicted octanol–water partition coefficient (Wildman–Crippen LogP) is 4.96. The molecule has 2 aromatic rings. The van der Waals surface area contributed by atoms with E-state index in [1.54, 1.807) is 24.3 Å². The Balaban J connectivity index is 1.92. The highest BCUT2D eigenvalue weighted by molar-refractivity contribution is 6.35. The van der Waals surface area contributed by atoms with Crippen molar-refractivity contribution in [3.05, 3.63) is 63.6 Å². The minimum absolute atomic E-state index is 0.0384. The monoisotopic (exact) mass is 460 g/mol. The van der Waals surface area contributed by atoms with Crippen LogP contribution in [0.25, 0.3) is 0 Å². The molecule has 0 fully saturated rings. The van der Waals surface area contributed by atoms with E-state index in [1.807, 2.05) is 6.92 Å². The van der Waals surface area contributed by atoms with Gasteiger partial charge < -0.3 is 9.84 Å². The number of aliphatic hydroxyl groups is 1. The number of carbonyl (C=O) groups is 1. The minimum atomic E-state index is -5.14. The van der Waals surface area contributed by atoms with Crippen molar-refractivity contribution in [3.63, 3.8) is 0 Å². The summed E-state index contributed by atoms with van der Waals surface area (Å²) in [7, 11) is 0. The summed E-state index contributed by atoms with van der Waals surface area (Å²) >= 11 is 11.8. The number of hydrazone groups is 1. The zero-order chi connectivity index (χ0) is 22.3. The van der Waals surface area contributed by atoms with Crippen molar-refractivity contribution < 1.29 is 27.8 Å². The van der Waals surface area contributed by atoms with Gasteiger partial charge in [-0.3, -0.25) is 4.79 Å². The van der Waals surface area contributed by atoms with Crippen LogP contribution in [0.15, 0.2) is 47.6 Å². The number of amides is 1. The molecule has 0 unspecified atom stereocenters. The molecule has 0 aromatic heterocycles. The number of hydrogen-bond acceptors (Lipinski definition) is 4. The maximum absolute atomic E-state index is 13.7. The Bertz CT molecular complexity index is 996. The van der Waals surface area contributed by atoms with E-state index in [0.717, 1.165) is 5.56 Å². The highest BCUT2D eigenvalue weighted by Crippen LogP contribution is 2.42. The summed E-state index contributed by atoms with van der Waals surface area (Å²) in [5.74, 6) is -1.12. The first-order chi connectivity index (χ1) is 13.9. The molecule has 0 saturated carbocycles. The molecule has 1 amide bonds. The molecule has 3 rings (SSSR count). The van der Waals surface area contributed by atoms with E-state index in [2.05, 4.69) is 5.10 Å². The first-order valence-corrected chi connectivity index (χ1v) is 9.57. The number of hydrogen-bond donors (Lipinski definition) is 1. The van der Waals surface area contributed by atoms with E-state index in [1.165, 1.54) is 25.1 Å². The van der Waals surface area contributed by atoms with E-state index in [4.69, 9.17) is 27.9 Å². The average Bonchev–Trinajstić information content (AvgIpc) is 3.02. The highest BCUT2D eigenvalue weighted by atomic mass is 35.5. The summed E-state index contributed by atoms with van der Waals surface area (Å²) in [6.07, 6.45) is -7.46. The van der Waals surface area contributed by atoms with Gasteiger partial charge in [0.15, 0.2) is 6.10 Å². The third-order valence-corrected chi connectivity index (χ3v) is 5.11. The van der Waals surface area contributed by atoms with Gasteiger partial charge in [-0.15, -0.1) is 0 Å². The normalized spacial score (nSPS) is 20.1. The number of carbonyl (C=O) groups excluding carboxylic acids is 1. The summed E-state index contributed by atoms with van der Waals surface area (Å²) in [6, 6.07) is 10.8. The Hall–Kier alpha value is -2.29. The number of nitrogens with zero attached hydrogens (tertiary/aromatic N) is 2. The van der Waals surface area contributed by atoms with Crippen LogP contribution in [-0.2, 0) is 4.79 Å². The smallest absolute Gasteiger partial charge is 0.438 e. The molecule has 1 aliphatic rings. The van der Waals surface area contributed by atoms with Gasteiger partial charge in [0.2, 0.25) is 0 Å². The number of halogens is 5. The second-order valence-electron chi connectivity index (χ2n) is 6.89. The molecular weight excluding hydrogens is 444 g/mol. The van der Waals surface area contributed by atoms with Gasteiger partial charge in [0, 0.05) is 5.02 Å². The predicted molar refractivity (Wildman–Crippen MR) is 107 cm³/mol. The van der Waals surface area contributed by atoms with Gasteiger partial charge in [0.1, 0.15) is 5.75 Å². The van der Waals surface area contributed by atoms with E-state index in [9.17, 15) is 23.1 Å². The van der Waals surface area contributed by atoms with Gasteiger partial charge in [-0.2, -0.15) is 23.3 Å². The molecule has 0 radical (unpaired) electrons. The van der Waals surface area contributed by atoms with E-state index in [0.29, 0.717) is 10.6 Å². The van der Waals surface area contributed by atoms with Crippen LogP contribution in [-0.4, -0.2) is 39.7 Å². The maximum atomic E-state index is 13.7. The van der Waals surface area contributed by atoms with Gasteiger partial charge >= 0.3 is 6.18 Å². The first-order valence-electron chi connectivity index (χ1n) is 8.82. The average molecular weight is 461 g/mol. The topological polar surface area (TPSA) is 62.1 Å². The van der Waals surface area contributed by atoms with Crippen LogP contribution in [0.1, 0.15) is 24.5 Å². The maximum Gasteiger partial charge on any atom is 0.438 e. The summed E-state index contributed by atoms with van der Waals surface area (Å²) in [6.45, 7) is 3.06. The fourth-order valence-corrected chi connectivity index (χ4v) is 3.34. The van der Waals surface area contributed by atoms with Crippen molar-refractivity contribution in [3.8, 4) is 5.75 Å². The van der Waals surface area contributed by atoms with Crippen LogP contribution in [0.2, 0.25) is 10.0 Å². The van der Waals surface area contributed by atoms with Crippen LogP contribution < -0.4 is 4.74 Å². The Morgan fingerprint density at radius 2 is 1.87 bits per heavy atom. The van der Waals surface area contributed by atoms with Crippen LogP contribution in [0, 0.1) is 6.92 Å². The molecule has 10 heteroatoms. The summed E-state index contributed by atoms with van der Waals surface area (Å²) in [5, 5.41) is 14.7. The fourth-order valence-electron chi connectivity index (χ4n) is 2.89. The van der Waals surface area contributed by atoms with Crippen LogP contribution in [0.3, 0.4) is 0 Å². The van der Waals surface area contributed by atoms with Crippen molar-refractivity contribution in [2.24, 2.45) is 5.10 Å². The Labute approximate surface area is 180 Å². The molecule has 30 heavy (non-hydrogen) atoms. The van der Waals surface area contributed by atoms with Gasteiger partial charge in [0.25, 0.3) is 11.6 Å². The standard InChI is InChI=1S/C20H17Cl2F3N2O3/c1-11-3-5-13(6-4-11)16-10-19(29,20(23,24)25)27(26-16)18(28)12(2)30-17-8-7-14(21)9-15(17)22/h3-9,12,29H,10H2,1-2H3/t12-,19-/m0/s1. The molecule has 1 heterocycles. The summed E-state index contributed by atoms with van der Waals surface area (Å²) in [5.41, 5.74) is -2.29. The van der Waals surface area contributed by atoms with Crippen molar-refractivity contribution in [2.45, 2.75) is 38.3 Å². The van der Waals surface area contributed by atoms with Crippen LogP contribution >= 0.6 is 23.2 Å². The summed E-state index contributed by atoms with van der Waals surface area (Å²) < 4.78 is 46.5. The SMILES string of the molecule is Cc1ccc(C2=NN(C(=O)[C@H](C)Oc3ccc(Cl)cc3Cl)[C@@](O)(C(F)(F)F)C2)cc1. The lowest BCUT2D eigenvalue weighted by Gasteiger charge is -2.33.